The number of carbonyl (C=O) groups is 1. The third-order valence-corrected chi connectivity index (χ3v) is 5.07. The summed E-state index contributed by atoms with van der Waals surface area (Å²) in [5.74, 6) is 0.786. The smallest absolute Gasteiger partial charge is 0.271 e. The summed E-state index contributed by atoms with van der Waals surface area (Å²) in [5, 5.41) is 10.3. The third-order valence-electron chi connectivity index (χ3n) is 5.07. The van der Waals surface area contributed by atoms with Crippen LogP contribution in [0.15, 0.2) is 30.3 Å². The quantitative estimate of drug-likeness (QED) is 0.743. The predicted molar refractivity (Wildman–Crippen MR) is 103 cm³/mol. The molecule has 1 aliphatic rings. The van der Waals surface area contributed by atoms with Gasteiger partial charge in [0, 0.05) is 12.6 Å². The van der Waals surface area contributed by atoms with Crippen LogP contribution in [0.3, 0.4) is 0 Å². The summed E-state index contributed by atoms with van der Waals surface area (Å²) in [6.07, 6.45) is 1.63. The van der Waals surface area contributed by atoms with Gasteiger partial charge in [-0.2, -0.15) is 5.10 Å². The first kappa shape index (κ1) is 17.7. The number of ether oxygens (including phenoxy) is 1. The molecule has 3 aromatic rings. The Labute approximate surface area is 158 Å². The van der Waals surface area contributed by atoms with Crippen LogP contribution in [0.4, 0.5) is 0 Å². The fraction of sp³-hybridized carbons (Fsp3) is 0.450. The molecular formula is C20H25N5O2. The van der Waals surface area contributed by atoms with E-state index in [0.29, 0.717) is 18.8 Å². The molecule has 2 aromatic heterocycles. The van der Waals surface area contributed by atoms with E-state index >= 15 is 0 Å². The number of nitrogens with one attached hydrogen (secondary N) is 2. The highest BCUT2D eigenvalue weighted by atomic mass is 16.5. The monoisotopic (exact) mass is 367 g/mol. The Morgan fingerprint density at radius 2 is 2.22 bits per heavy atom. The van der Waals surface area contributed by atoms with Crippen LogP contribution in [0.5, 0.6) is 0 Å². The molecule has 142 valence electrons. The average molecular weight is 367 g/mol. The van der Waals surface area contributed by atoms with Crippen LogP contribution in [0.25, 0.3) is 11.0 Å². The maximum atomic E-state index is 12.6. The zero-order valence-electron chi connectivity index (χ0n) is 16.0. The van der Waals surface area contributed by atoms with E-state index in [2.05, 4.69) is 38.9 Å². The summed E-state index contributed by atoms with van der Waals surface area (Å²) in [6.45, 7) is 7.34. The lowest BCUT2D eigenvalue weighted by molar-refractivity contribution is -0.0615. The molecule has 0 aliphatic carbocycles. The van der Waals surface area contributed by atoms with E-state index in [0.717, 1.165) is 35.4 Å². The van der Waals surface area contributed by atoms with Crippen LogP contribution in [0, 0.1) is 6.92 Å². The van der Waals surface area contributed by atoms with Gasteiger partial charge in [0.25, 0.3) is 5.91 Å². The number of nitrogens with zero attached hydrogens (tertiary/aromatic N) is 3. The molecule has 1 aliphatic heterocycles. The molecule has 3 heterocycles. The molecule has 0 saturated carbocycles. The molecule has 1 amide bonds. The Morgan fingerprint density at radius 3 is 3.04 bits per heavy atom. The molecule has 1 aromatic carbocycles. The number of imidazole rings is 1. The fourth-order valence-electron chi connectivity index (χ4n) is 3.74. The number of para-hydroxylation sites is 2. The van der Waals surface area contributed by atoms with Gasteiger partial charge in [0.1, 0.15) is 11.5 Å². The number of rotatable bonds is 4. The molecule has 4 rings (SSSR count). The van der Waals surface area contributed by atoms with Crippen molar-refractivity contribution in [1.29, 1.82) is 0 Å². The van der Waals surface area contributed by atoms with Gasteiger partial charge in [-0.15, -0.1) is 0 Å². The van der Waals surface area contributed by atoms with E-state index in [9.17, 15) is 4.79 Å². The molecule has 0 unspecified atom stereocenters. The zero-order chi connectivity index (χ0) is 19.0. The third kappa shape index (κ3) is 3.73. The standard InChI is InChI=1S/C20H25N5O2/c1-13-21-16-6-4-5-7-18(16)25(13)12-15-10-17(24-23-15)19(26)22-14-8-9-27-20(2,3)11-14/h4-7,10,14H,8-9,11-12H2,1-3H3,(H,22,26)(H,23,24)/t14-/m1/s1. The van der Waals surface area contributed by atoms with Gasteiger partial charge in [0.2, 0.25) is 0 Å². The first-order valence-corrected chi connectivity index (χ1v) is 9.32. The maximum absolute atomic E-state index is 12.6. The summed E-state index contributed by atoms with van der Waals surface area (Å²) in [4.78, 5) is 17.1. The molecule has 27 heavy (non-hydrogen) atoms. The second kappa shape index (κ2) is 6.81. The molecule has 0 spiro atoms. The minimum Gasteiger partial charge on any atom is -0.375 e. The maximum Gasteiger partial charge on any atom is 0.271 e. The van der Waals surface area contributed by atoms with E-state index in [4.69, 9.17) is 4.74 Å². The largest absolute Gasteiger partial charge is 0.375 e. The van der Waals surface area contributed by atoms with Crippen molar-refractivity contribution in [3.63, 3.8) is 0 Å². The Kier molecular flexibility index (Phi) is 4.47. The van der Waals surface area contributed by atoms with Crippen LogP contribution in [-0.4, -0.2) is 43.9 Å². The average Bonchev–Trinajstić information content (AvgIpc) is 3.20. The van der Waals surface area contributed by atoms with Crippen LogP contribution in [0.1, 0.15) is 48.7 Å². The number of carbonyl (C=O) groups excluding carboxylic acids is 1. The molecule has 7 heteroatoms. The molecule has 7 nitrogen and oxygen atoms in total. The van der Waals surface area contributed by atoms with Crippen LogP contribution in [0.2, 0.25) is 0 Å². The van der Waals surface area contributed by atoms with Gasteiger partial charge in [-0.1, -0.05) is 12.1 Å². The zero-order valence-corrected chi connectivity index (χ0v) is 16.0. The van der Waals surface area contributed by atoms with Gasteiger partial charge in [-0.05, 0) is 51.8 Å². The summed E-state index contributed by atoms with van der Waals surface area (Å²) < 4.78 is 7.83. The Hall–Kier alpha value is -2.67. The highest BCUT2D eigenvalue weighted by molar-refractivity contribution is 5.92. The van der Waals surface area contributed by atoms with Crippen molar-refractivity contribution in [3.05, 3.63) is 47.5 Å². The van der Waals surface area contributed by atoms with Crippen molar-refractivity contribution >= 4 is 16.9 Å². The highest BCUT2D eigenvalue weighted by Gasteiger charge is 2.30. The number of hydrogen-bond acceptors (Lipinski definition) is 4. The Bertz CT molecular complexity index is 972. The van der Waals surface area contributed by atoms with Crippen molar-refractivity contribution in [2.24, 2.45) is 0 Å². The lowest BCUT2D eigenvalue weighted by Crippen LogP contribution is -2.45. The van der Waals surface area contributed by atoms with Crippen LogP contribution >= 0.6 is 0 Å². The predicted octanol–water partition coefficient (Wildman–Crippen LogP) is 2.80. The number of benzene rings is 1. The Balaban J connectivity index is 1.47. The number of aromatic nitrogens is 4. The second-order valence-corrected chi connectivity index (χ2v) is 7.78. The van der Waals surface area contributed by atoms with Crippen LogP contribution in [-0.2, 0) is 11.3 Å². The first-order valence-electron chi connectivity index (χ1n) is 9.32. The van der Waals surface area contributed by atoms with Crippen molar-refractivity contribution < 1.29 is 9.53 Å². The number of aryl methyl sites for hydroxylation is 1. The molecule has 0 radical (unpaired) electrons. The van der Waals surface area contributed by atoms with Gasteiger partial charge in [0.15, 0.2) is 0 Å². The van der Waals surface area contributed by atoms with Gasteiger partial charge in [-0.25, -0.2) is 4.98 Å². The molecule has 0 bridgehead atoms. The molecule has 1 saturated heterocycles. The van der Waals surface area contributed by atoms with Gasteiger partial charge in [0.05, 0.1) is 28.9 Å². The van der Waals surface area contributed by atoms with Gasteiger partial charge in [-0.3, -0.25) is 9.89 Å². The molecule has 2 N–H and O–H groups in total. The lowest BCUT2D eigenvalue weighted by Gasteiger charge is -2.35. The van der Waals surface area contributed by atoms with E-state index < -0.39 is 0 Å². The molecular weight excluding hydrogens is 342 g/mol. The van der Waals surface area contributed by atoms with E-state index in [1.165, 1.54) is 0 Å². The number of H-pyrrole nitrogens is 1. The van der Waals surface area contributed by atoms with Crippen molar-refractivity contribution in [2.45, 2.75) is 51.8 Å². The molecule has 1 atom stereocenters. The van der Waals surface area contributed by atoms with Crippen molar-refractivity contribution in [3.8, 4) is 0 Å². The first-order chi connectivity index (χ1) is 12.9. The summed E-state index contributed by atoms with van der Waals surface area (Å²) in [5.41, 5.74) is 3.12. The minimum atomic E-state index is -0.201. The second-order valence-electron chi connectivity index (χ2n) is 7.78. The number of hydrogen-bond donors (Lipinski definition) is 2. The van der Waals surface area contributed by atoms with Crippen molar-refractivity contribution in [2.75, 3.05) is 6.61 Å². The summed E-state index contributed by atoms with van der Waals surface area (Å²) in [6, 6.07) is 9.96. The lowest BCUT2D eigenvalue weighted by atomic mass is 9.94. The van der Waals surface area contributed by atoms with Crippen molar-refractivity contribution in [1.82, 2.24) is 25.1 Å². The van der Waals surface area contributed by atoms with E-state index in [1.54, 1.807) is 0 Å². The van der Waals surface area contributed by atoms with Gasteiger partial charge < -0.3 is 14.6 Å². The normalized spacial score (nSPS) is 19.3. The number of aromatic amines is 1. The molecule has 1 fully saturated rings. The fourth-order valence-corrected chi connectivity index (χ4v) is 3.74. The Morgan fingerprint density at radius 1 is 1.41 bits per heavy atom. The minimum absolute atomic E-state index is 0.112. The SMILES string of the molecule is Cc1nc2ccccc2n1Cc1cc(C(=O)N[C@@H]2CCOC(C)(C)C2)n[nH]1. The summed E-state index contributed by atoms with van der Waals surface area (Å²) in [7, 11) is 0. The highest BCUT2D eigenvalue weighted by Crippen LogP contribution is 2.24. The van der Waals surface area contributed by atoms with Crippen LogP contribution < -0.4 is 5.32 Å². The van der Waals surface area contributed by atoms with E-state index in [-0.39, 0.29) is 17.6 Å². The topological polar surface area (TPSA) is 84.8 Å². The van der Waals surface area contributed by atoms with E-state index in [1.807, 2.05) is 37.3 Å². The summed E-state index contributed by atoms with van der Waals surface area (Å²) >= 11 is 0. The van der Waals surface area contributed by atoms with Gasteiger partial charge >= 0.3 is 0 Å². The number of amides is 1. The number of fused-ring (bicyclic) bond motifs is 1.